The number of aromatic nitrogens is 3. The number of anilines is 2. The summed E-state index contributed by atoms with van der Waals surface area (Å²) in [5.74, 6) is 2.61. The number of rotatable bonds is 5. The van der Waals surface area contributed by atoms with E-state index < -0.39 is 0 Å². The molecule has 2 rings (SSSR count). The number of hydrogen-bond donors (Lipinski definition) is 2. The average Bonchev–Trinajstić information content (AvgIpc) is 2.91. The maximum absolute atomic E-state index is 4.70. The Labute approximate surface area is 130 Å². The second kappa shape index (κ2) is 6.39. The van der Waals surface area contributed by atoms with Crippen molar-refractivity contribution in [1.29, 1.82) is 0 Å². The summed E-state index contributed by atoms with van der Waals surface area (Å²) >= 11 is 1.60. The van der Waals surface area contributed by atoms with E-state index in [1.807, 2.05) is 17.8 Å². The Kier molecular flexibility index (Phi) is 4.77. The van der Waals surface area contributed by atoms with E-state index in [4.69, 9.17) is 4.98 Å². The van der Waals surface area contributed by atoms with E-state index in [0.717, 1.165) is 35.3 Å². The third kappa shape index (κ3) is 3.91. The van der Waals surface area contributed by atoms with Crippen LogP contribution in [-0.2, 0) is 12.0 Å². The minimum absolute atomic E-state index is 0.0884. The SMILES string of the molecule is CCNc1nc(C(C)(C)C)nc(NCc2cscn2)c1C. The smallest absolute Gasteiger partial charge is 0.138 e. The average molecular weight is 305 g/mol. The molecule has 0 fully saturated rings. The van der Waals surface area contributed by atoms with Crippen molar-refractivity contribution < 1.29 is 0 Å². The predicted molar refractivity (Wildman–Crippen MR) is 89.1 cm³/mol. The van der Waals surface area contributed by atoms with E-state index in [1.54, 1.807) is 11.3 Å². The van der Waals surface area contributed by atoms with Crippen LogP contribution in [0.4, 0.5) is 11.6 Å². The molecule has 0 aromatic carbocycles. The molecule has 0 unspecified atom stereocenters. The van der Waals surface area contributed by atoms with Gasteiger partial charge in [-0.15, -0.1) is 11.3 Å². The van der Waals surface area contributed by atoms with Crippen molar-refractivity contribution >= 4 is 23.0 Å². The van der Waals surface area contributed by atoms with Crippen LogP contribution in [0.3, 0.4) is 0 Å². The minimum atomic E-state index is -0.0884. The lowest BCUT2D eigenvalue weighted by atomic mass is 9.95. The van der Waals surface area contributed by atoms with Crippen molar-refractivity contribution in [2.75, 3.05) is 17.2 Å². The van der Waals surface area contributed by atoms with Gasteiger partial charge in [0.25, 0.3) is 0 Å². The molecular weight excluding hydrogens is 282 g/mol. The van der Waals surface area contributed by atoms with Crippen LogP contribution in [0.1, 0.15) is 44.8 Å². The number of nitrogens with one attached hydrogen (secondary N) is 2. The van der Waals surface area contributed by atoms with Gasteiger partial charge in [-0.1, -0.05) is 20.8 Å². The fraction of sp³-hybridized carbons (Fsp3) is 0.533. The molecule has 21 heavy (non-hydrogen) atoms. The van der Waals surface area contributed by atoms with Gasteiger partial charge in [-0.05, 0) is 13.8 Å². The maximum Gasteiger partial charge on any atom is 0.138 e. The van der Waals surface area contributed by atoms with Crippen LogP contribution in [0.5, 0.6) is 0 Å². The third-order valence-corrected chi connectivity index (χ3v) is 3.72. The lowest BCUT2D eigenvalue weighted by Gasteiger charge is -2.21. The number of thiazole rings is 1. The first-order chi connectivity index (χ1) is 9.91. The lowest BCUT2D eigenvalue weighted by Crippen LogP contribution is -2.20. The monoisotopic (exact) mass is 305 g/mol. The third-order valence-electron chi connectivity index (χ3n) is 3.08. The molecule has 5 nitrogen and oxygen atoms in total. The van der Waals surface area contributed by atoms with Crippen LogP contribution in [0, 0.1) is 6.92 Å². The van der Waals surface area contributed by atoms with Crippen molar-refractivity contribution in [3.63, 3.8) is 0 Å². The van der Waals surface area contributed by atoms with E-state index in [1.165, 1.54) is 0 Å². The molecule has 0 aliphatic heterocycles. The number of nitrogens with zero attached hydrogens (tertiary/aromatic N) is 3. The van der Waals surface area contributed by atoms with Crippen LogP contribution >= 0.6 is 11.3 Å². The highest BCUT2D eigenvalue weighted by Crippen LogP contribution is 2.26. The van der Waals surface area contributed by atoms with Gasteiger partial charge in [0.05, 0.1) is 17.7 Å². The second-order valence-corrected chi connectivity index (χ2v) is 6.70. The first-order valence-corrected chi connectivity index (χ1v) is 8.10. The minimum Gasteiger partial charge on any atom is -0.370 e. The van der Waals surface area contributed by atoms with E-state index >= 15 is 0 Å². The van der Waals surface area contributed by atoms with E-state index in [2.05, 4.69) is 48.3 Å². The van der Waals surface area contributed by atoms with E-state index in [9.17, 15) is 0 Å². The molecule has 2 aromatic heterocycles. The summed E-state index contributed by atoms with van der Waals surface area (Å²) in [4.78, 5) is 13.7. The zero-order valence-corrected chi connectivity index (χ0v) is 14.1. The highest BCUT2D eigenvalue weighted by Gasteiger charge is 2.21. The van der Waals surface area contributed by atoms with Gasteiger partial charge in [0.1, 0.15) is 17.5 Å². The molecule has 0 spiro atoms. The normalized spacial score (nSPS) is 11.5. The molecule has 0 radical (unpaired) electrons. The highest BCUT2D eigenvalue weighted by atomic mass is 32.1. The van der Waals surface area contributed by atoms with Crippen LogP contribution in [-0.4, -0.2) is 21.5 Å². The summed E-state index contributed by atoms with van der Waals surface area (Å²) in [5.41, 5.74) is 3.82. The molecule has 114 valence electrons. The molecule has 0 aliphatic rings. The van der Waals surface area contributed by atoms with Gasteiger partial charge in [0, 0.05) is 22.9 Å². The zero-order valence-electron chi connectivity index (χ0n) is 13.3. The van der Waals surface area contributed by atoms with Gasteiger partial charge < -0.3 is 10.6 Å². The summed E-state index contributed by atoms with van der Waals surface area (Å²) in [6.45, 7) is 12.0. The first kappa shape index (κ1) is 15.7. The molecule has 0 saturated carbocycles. The molecule has 2 aromatic rings. The Morgan fingerprint density at radius 1 is 1.14 bits per heavy atom. The topological polar surface area (TPSA) is 62.7 Å². The first-order valence-electron chi connectivity index (χ1n) is 7.15. The molecule has 0 aliphatic carbocycles. The predicted octanol–water partition coefficient (Wildman–Crippen LogP) is 3.58. The molecular formula is C15H23N5S. The van der Waals surface area contributed by atoms with Gasteiger partial charge in [-0.25, -0.2) is 15.0 Å². The van der Waals surface area contributed by atoms with Gasteiger partial charge in [0.15, 0.2) is 0 Å². The van der Waals surface area contributed by atoms with E-state index in [0.29, 0.717) is 6.54 Å². The Balaban J connectivity index is 2.31. The summed E-state index contributed by atoms with van der Waals surface area (Å²) in [5, 5.41) is 8.74. The van der Waals surface area contributed by atoms with Crippen LogP contribution in [0.25, 0.3) is 0 Å². The largest absolute Gasteiger partial charge is 0.370 e. The van der Waals surface area contributed by atoms with Crippen molar-refractivity contribution in [1.82, 2.24) is 15.0 Å². The molecule has 0 bridgehead atoms. The zero-order chi connectivity index (χ0) is 15.5. The Bertz CT molecular complexity index is 587. The molecule has 2 heterocycles. The Hall–Kier alpha value is -1.69. The molecule has 0 saturated heterocycles. The molecule has 6 heteroatoms. The van der Waals surface area contributed by atoms with Gasteiger partial charge >= 0.3 is 0 Å². The Morgan fingerprint density at radius 2 is 1.81 bits per heavy atom. The van der Waals surface area contributed by atoms with Crippen molar-refractivity contribution in [2.45, 2.75) is 46.6 Å². The molecule has 2 N–H and O–H groups in total. The molecule has 0 amide bonds. The fourth-order valence-corrected chi connectivity index (χ4v) is 2.42. The summed E-state index contributed by atoms with van der Waals surface area (Å²) < 4.78 is 0. The van der Waals surface area contributed by atoms with Crippen molar-refractivity contribution in [3.05, 3.63) is 28.0 Å². The van der Waals surface area contributed by atoms with Gasteiger partial charge in [0.2, 0.25) is 0 Å². The standard InChI is InChI=1S/C15H23N5S/c1-6-16-12-10(2)13(17-7-11-8-21-9-18-11)20-14(19-12)15(3,4)5/h8-9H,6-7H2,1-5H3,(H2,16,17,19,20). The number of hydrogen-bond acceptors (Lipinski definition) is 6. The molecule has 0 atom stereocenters. The summed E-state index contributed by atoms with van der Waals surface area (Å²) in [6, 6.07) is 0. The van der Waals surface area contributed by atoms with Gasteiger partial charge in [-0.3, -0.25) is 0 Å². The second-order valence-electron chi connectivity index (χ2n) is 5.98. The Morgan fingerprint density at radius 3 is 2.33 bits per heavy atom. The lowest BCUT2D eigenvalue weighted by molar-refractivity contribution is 0.546. The fourth-order valence-electron chi connectivity index (χ4n) is 1.86. The summed E-state index contributed by atoms with van der Waals surface area (Å²) in [7, 11) is 0. The van der Waals surface area contributed by atoms with Crippen LogP contribution in [0.15, 0.2) is 10.9 Å². The van der Waals surface area contributed by atoms with Crippen LogP contribution in [0.2, 0.25) is 0 Å². The van der Waals surface area contributed by atoms with Crippen molar-refractivity contribution in [2.24, 2.45) is 0 Å². The maximum atomic E-state index is 4.70. The van der Waals surface area contributed by atoms with Crippen LogP contribution < -0.4 is 10.6 Å². The quantitative estimate of drug-likeness (QED) is 0.884. The van der Waals surface area contributed by atoms with Crippen molar-refractivity contribution in [3.8, 4) is 0 Å². The van der Waals surface area contributed by atoms with E-state index in [-0.39, 0.29) is 5.41 Å². The van der Waals surface area contributed by atoms with Gasteiger partial charge in [-0.2, -0.15) is 0 Å². The summed E-state index contributed by atoms with van der Waals surface area (Å²) in [6.07, 6.45) is 0. The highest BCUT2D eigenvalue weighted by molar-refractivity contribution is 7.07.